The molecule has 0 N–H and O–H groups in total. The third kappa shape index (κ3) is 4.56. The Morgan fingerprint density at radius 2 is 1.76 bits per heavy atom. The van der Waals surface area contributed by atoms with Gasteiger partial charge in [-0.2, -0.15) is 5.10 Å². The molecule has 0 spiro atoms. The summed E-state index contributed by atoms with van der Waals surface area (Å²) in [6.45, 7) is 3.34. The molecule has 6 nitrogen and oxygen atoms in total. The van der Waals surface area contributed by atoms with Crippen LogP contribution in [0.3, 0.4) is 0 Å². The molecule has 0 saturated carbocycles. The number of aryl methyl sites for hydroxylation is 1. The fraction of sp³-hybridized carbons (Fsp3) is 0.412. The van der Waals surface area contributed by atoms with Crippen LogP contribution in [-0.2, 0) is 9.47 Å². The molecule has 25 heavy (non-hydrogen) atoms. The number of aromatic nitrogens is 2. The zero-order valence-corrected chi connectivity index (χ0v) is 15.2. The number of halogens is 2. The topological polar surface area (TPSA) is 56.6 Å². The fourth-order valence-corrected chi connectivity index (χ4v) is 2.72. The van der Waals surface area contributed by atoms with E-state index in [2.05, 4.69) is 5.10 Å². The molecule has 2 aromatic rings. The van der Waals surface area contributed by atoms with Gasteiger partial charge >= 0.3 is 0 Å². The van der Waals surface area contributed by atoms with Crippen molar-refractivity contribution in [3.05, 3.63) is 46.5 Å². The molecule has 1 aromatic heterocycles. The Bertz CT molecular complexity index is 711. The molecule has 0 aliphatic carbocycles. The Labute approximate surface area is 151 Å². The molecular formula is C17H21ClFN3O3. The van der Waals surface area contributed by atoms with Crippen LogP contribution < -0.4 is 0 Å². The van der Waals surface area contributed by atoms with Crippen LogP contribution in [0.1, 0.15) is 16.1 Å². The van der Waals surface area contributed by atoms with Crippen molar-refractivity contribution in [2.75, 3.05) is 40.5 Å². The van der Waals surface area contributed by atoms with Crippen molar-refractivity contribution in [3.8, 4) is 5.69 Å². The molecule has 0 aliphatic rings. The smallest absolute Gasteiger partial charge is 0.259 e. The molecular weight excluding hydrogens is 349 g/mol. The molecule has 0 fully saturated rings. The zero-order valence-electron chi connectivity index (χ0n) is 14.5. The highest BCUT2D eigenvalue weighted by Crippen LogP contribution is 2.25. The lowest BCUT2D eigenvalue weighted by molar-refractivity contribution is 0.0627. The number of hydrogen-bond acceptors (Lipinski definition) is 4. The van der Waals surface area contributed by atoms with Crippen molar-refractivity contribution in [2.45, 2.75) is 6.92 Å². The maximum absolute atomic E-state index is 13.1. The average molecular weight is 370 g/mol. The molecule has 0 saturated heterocycles. The Morgan fingerprint density at radius 1 is 1.20 bits per heavy atom. The van der Waals surface area contributed by atoms with Gasteiger partial charge in [0.2, 0.25) is 0 Å². The highest BCUT2D eigenvalue weighted by molar-refractivity contribution is 6.33. The third-order valence-corrected chi connectivity index (χ3v) is 4.06. The van der Waals surface area contributed by atoms with Gasteiger partial charge in [-0.3, -0.25) is 4.79 Å². The lowest BCUT2D eigenvalue weighted by atomic mass is 10.2. The first kappa shape index (κ1) is 19.4. The normalized spacial score (nSPS) is 10.9. The summed E-state index contributed by atoms with van der Waals surface area (Å²) in [7, 11) is 3.15. The van der Waals surface area contributed by atoms with Crippen LogP contribution in [0, 0.1) is 12.7 Å². The van der Waals surface area contributed by atoms with E-state index in [9.17, 15) is 9.18 Å². The number of benzene rings is 1. The quantitative estimate of drug-likeness (QED) is 0.718. The van der Waals surface area contributed by atoms with E-state index >= 15 is 0 Å². The summed E-state index contributed by atoms with van der Waals surface area (Å²) in [4.78, 5) is 14.5. The van der Waals surface area contributed by atoms with Gasteiger partial charge in [0.1, 0.15) is 11.0 Å². The van der Waals surface area contributed by atoms with Gasteiger partial charge in [0.25, 0.3) is 5.91 Å². The van der Waals surface area contributed by atoms with Crippen molar-refractivity contribution in [3.63, 3.8) is 0 Å². The maximum Gasteiger partial charge on any atom is 0.259 e. The molecule has 0 atom stereocenters. The van der Waals surface area contributed by atoms with Gasteiger partial charge in [0.15, 0.2) is 0 Å². The van der Waals surface area contributed by atoms with Crippen molar-refractivity contribution in [2.24, 2.45) is 0 Å². The lowest BCUT2D eigenvalue weighted by Crippen LogP contribution is -2.36. The van der Waals surface area contributed by atoms with Crippen LogP contribution in [0.15, 0.2) is 24.3 Å². The van der Waals surface area contributed by atoms with E-state index in [0.29, 0.717) is 43.2 Å². The van der Waals surface area contributed by atoms with Crippen LogP contribution in [-0.4, -0.2) is 61.1 Å². The first-order chi connectivity index (χ1) is 12.0. The summed E-state index contributed by atoms with van der Waals surface area (Å²) in [6.07, 6.45) is 0. The zero-order chi connectivity index (χ0) is 18.4. The molecule has 1 heterocycles. The lowest BCUT2D eigenvalue weighted by Gasteiger charge is -2.22. The number of rotatable bonds is 8. The molecule has 0 unspecified atom stereocenters. The summed E-state index contributed by atoms with van der Waals surface area (Å²) in [5, 5.41) is 4.52. The second kappa shape index (κ2) is 8.94. The monoisotopic (exact) mass is 369 g/mol. The highest BCUT2D eigenvalue weighted by atomic mass is 35.5. The Hall–Kier alpha value is -1.96. The predicted molar refractivity (Wildman–Crippen MR) is 92.9 cm³/mol. The maximum atomic E-state index is 13.1. The van der Waals surface area contributed by atoms with Crippen molar-refractivity contribution in [1.29, 1.82) is 0 Å². The fourth-order valence-electron chi connectivity index (χ4n) is 2.37. The molecule has 0 aliphatic heterocycles. The summed E-state index contributed by atoms with van der Waals surface area (Å²) in [5.41, 5.74) is 1.39. The van der Waals surface area contributed by atoms with Gasteiger partial charge in [0.05, 0.1) is 30.2 Å². The van der Waals surface area contributed by atoms with Crippen LogP contribution in [0.25, 0.3) is 5.69 Å². The van der Waals surface area contributed by atoms with Crippen LogP contribution in [0.2, 0.25) is 5.15 Å². The summed E-state index contributed by atoms with van der Waals surface area (Å²) in [6, 6.07) is 5.73. The SMILES string of the molecule is COCCN(CCOC)C(=O)c1c(C)nn(-c2ccc(F)cc2)c1Cl. The second-order valence-corrected chi connectivity index (χ2v) is 5.78. The minimum absolute atomic E-state index is 0.189. The third-order valence-electron chi connectivity index (χ3n) is 3.71. The van der Waals surface area contributed by atoms with E-state index in [0.717, 1.165) is 0 Å². The predicted octanol–water partition coefficient (Wildman–Crippen LogP) is 2.71. The van der Waals surface area contributed by atoms with Gasteiger partial charge < -0.3 is 14.4 Å². The van der Waals surface area contributed by atoms with Crippen LogP contribution in [0.5, 0.6) is 0 Å². The number of nitrogens with zero attached hydrogens (tertiary/aromatic N) is 3. The number of methoxy groups -OCH3 is 2. The minimum Gasteiger partial charge on any atom is -0.383 e. The van der Waals surface area contributed by atoms with E-state index in [1.54, 1.807) is 38.2 Å². The average Bonchev–Trinajstić information content (AvgIpc) is 2.89. The van der Waals surface area contributed by atoms with E-state index in [-0.39, 0.29) is 16.9 Å². The van der Waals surface area contributed by atoms with Crippen molar-refractivity contribution >= 4 is 17.5 Å². The van der Waals surface area contributed by atoms with E-state index in [1.165, 1.54) is 16.8 Å². The van der Waals surface area contributed by atoms with E-state index < -0.39 is 0 Å². The number of hydrogen-bond donors (Lipinski definition) is 0. The van der Waals surface area contributed by atoms with Gasteiger partial charge in [-0.25, -0.2) is 9.07 Å². The molecule has 0 radical (unpaired) electrons. The molecule has 1 aromatic carbocycles. The summed E-state index contributed by atoms with van der Waals surface area (Å²) < 4.78 is 24.7. The number of carbonyl (C=O) groups excluding carboxylic acids is 1. The summed E-state index contributed by atoms with van der Waals surface area (Å²) in [5.74, 6) is -0.602. The number of carbonyl (C=O) groups is 1. The number of ether oxygens (including phenoxy) is 2. The van der Waals surface area contributed by atoms with E-state index in [4.69, 9.17) is 21.1 Å². The van der Waals surface area contributed by atoms with Gasteiger partial charge in [-0.1, -0.05) is 11.6 Å². The van der Waals surface area contributed by atoms with Crippen molar-refractivity contribution < 1.29 is 18.7 Å². The first-order valence-corrected chi connectivity index (χ1v) is 8.15. The summed E-state index contributed by atoms with van der Waals surface area (Å²) >= 11 is 6.41. The first-order valence-electron chi connectivity index (χ1n) is 7.77. The van der Waals surface area contributed by atoms with Crippen molar-refractivity contribution in [1.82, 2.24) is 14.7 Å². The second-order valence-electron chi connectivity index (χ2n) is 5.42. The Kier molecular flexibility index (Phi) is 6.92. The van der Waals surface area contributed by atoms with Gasteiger partial charge in [0, 0.05) is 27.3 Å². The molecule has 1 amide bonds. The molecule has 8 heteroatoms. The molecule has 2 rings (SSSR count). The standard InChI is InChI=1S/C17H21ClFN3O3/c1-12-15(17(23)21(8-10-24-2)9-11-25-3)16(18)22(20-12)14-6-4-13(19)5-7-14/h4-7H,8-11H2,1-3H3. The Morgan fingerprint density at radius 3 is 2.28 bits per heavy atom. The Balaban J connectivity index is 2.33. The van der Waals surface area contributed by atoms with Gasteiger partial charge in [-0.15, -0.1) is 0 Å². The molecule has 0 bridgehead atoms. The van der Waals surface area contributed by atoms with Crippen LogP contribution >= 0.6 is 11.6 Å². The van der Waals surface area contributed by atoms with E-state index in [1.807, 2.05) is 0 Å². The minimum atomic E-state index is -0.356. The van der Waals surface area contributed by atoms with Crippen LogP contribution in [0.4, 0.5) is 4.39 Å². The largest absolute Gasteiger partial charge is 0.383 e. The highest BCUT2D eigenvalue weighted by Gasteiger charge is 2.25. The molecule has 136 valence electrons. The van der Waals surface area contributed by atoms with Gasteiger partial charge in [-0.05, 0) is 31.2 Å². The number of amides is 1.